The van der Waals surface area contributed by atoms with Crippen LogP contribution in [0.3, 0.4) is 0 Å². The Morgan fingerprint density at radius 3 is 2.59 bits per heavy atom. The monoisotopic (exact) mass is 532 g/mol. The number of amides is 1. The highest BCUT2D eigenvalue weighted by Gasteiger charge is 2.29. The molecule has 4 heterocycles. The molecule has 184 valence electrons. The number of primary amides is 1. The van der Waals surface area contributed by atoms with Gasteiger partial charge in [-0.15, -0.1) is 5.10 Å². The summed E-state index contributed by atoms with van der Waals surface area (Å²) < 4.78 is 3.27. The van der Waals surface area contributed by atoms with E-state index in [9.17, 15) is 9.59 Å². The zero-order valence-corrected chi connectivity index (χ0v) is 20.6. The van der Waals surface area contributed by atoms with E-state index in [1.54, 1.807) is 47.0 Å². The Kier molecular flexibility index (Phi) is 5.62. The number of nitrogens with one attached hydrogen (secondary N) is 1. The van der Waals surface area contributed by atoms with Gasteiger partial charge in [0.2, 0.25) is 5.91 Å². The average Bonchev–Trinajstić information content (AvgIpc) is 3.64. The molecule has 0 aliphatic carbocycles. The van der Waals surface area contributed by atoms with E-state index in [1.165, 1.54) is 11.0 Å². The second kappa shape index (κ2) is 8.99. The van der Waals surface area contributed by atoms with Crippen molar-refractivity contribution in [1.82, 2.24) is 34.7 Å². The third-order valence-electron chi connectivity index (χ3n) is 6.45. The van der Waals surface area contributed by atoms with E-state index in [2.05, 4.69) is 25.5 Å². The molecule has 6 rings (SSSR count). The van der Waals surface area contributed by atoms with Crippen molar-refractivity contribution < 1.29 is 4.79 Å². The summed E-state index contributed by atoms with van der Waals surface area (Å²) >= 11 is 12.7. The summed E-state index contributed by atoms with van der Waals surface area (Å²) in [5.41, 5.74) is 9.96. The number of nitrogens with two attached hydrogens (primary N) is 1. The Morgan fingerprint density at radius 2 is 1.86 bits per heavy atom. The first-order valence-electron chi connectivity index (χ1n) is 11.3. The summed E-state index contributed by atoms with van der Waals surface area (Å²) in [4.78, 5) is 32.6. The largest absolute Gasteiger partial charge is 0.366 e. The number of hydrogen-bond donors (Lipinski definition) is 2. The summed E-state index contributed by atoms with van der Waals surface area (Å²) in [6, 6.07) is 15.4. The fourth-order valence-electron chi connectivity index (χ4n) is 4.74. The number of aromatic nitrogens is 7. The Morgan fingerprint density at radius 1 is 1.05 bits per heavy atom. The van der Waals surface area contributed by atoms with E-state index >= 15 is 0 Å². The zero-order valence-electron chi connectivity index (χ0n) is 19.1. The Hall–Kier alpha value is -4.28. The van der Waals surface area contributed by atoms with E-state index in [0.29, 0.717) is 40.6 Å². The van der Waals surface area contributed by atoms with Crippen molar-refractivity contribution in [2.45, 2.75) is 18.9 Å². The Balaban J connectivity index is 1.38. The lowest BCUT2D eigenvalue weighted by molar-refractivity contribution is 0.100. The maximum atomic E-state index is 13.4. The predicted octanol–water partition coefficient (Wildman–Crippen LogP) is 3.82. The van der Waals surface area contributed by atoms with Crippen LogP contribution < -0.4 is 11.3 Å². The molecule has 0 fully saturated rings. The number of nitrogens with zero attached hydrogens (tertiary/aromatic N) is 6. The van der Waals surface area contributed by atoms with Gasteiger partial charge in [-0.3, -0.25) is 9.59 Å². The fraction of sp³-hybridized carbons (Fsp3) is 0.120. The molecule has 1 amide bonds. The van der Waals surface area contributed by atoms with Crippen LogP contribution in [0.15, 0.2) is 65.7 Å². The smallest absolute Gasteiger partial charge is 0.252 e. The number of imidazole rings is 1. The Bertz CT molecular complexity index is 1710. The van der Waals surface area contributed by atoms with Gasteiger partial charge in [0.05, 0.1) is 17.4 Å². The minimum Gasteiger partial charge on any atom is -0.366 e. The molecule has 0 spiro atoms. The van der Waals surface area contributed by atoms with Gasteiger partial charge in [-0.2, -0.15) is 4.68 Å². The first-order chi connectivity index (χ1) is 17.9. The number of aryl methyl sites for hydroxylation is 1. The molecule has 0 bridgehead atoms. The van der Waals surface area contributed by atoms with Crippen LogP contribution in [-0.4, -0.2) is 40.6 Å². The lowest BCUT2D eigenvalue weighted by atomic mass is 10.0. The second-order valence-electron chi connectivity index (χ2n) is 8.64. The topological polar surface area (TPSA) is 137 Å². The summed E-state index contributed by atoms with van der Waals surface area (Å²) in [6.45, 7) is 0. The minimum absolute atomic E-state index is 0.169. The predicted molar refractivity (Wildman–Crippen MR) is 138 cm³/mol. The molecule has 10 nitrogen and oxygen atoms in total. The quantitative estimate of drug-likeness (QED) is 0.352. The van der Waals surface area contributed by atoms with Crippen molar-refractivity contribution in [3.8, 4) is 28.1 Å². The number of H-pyrrole nitrogens is 1. The van der Waals surface area contributed by atoms with Crippen LogP contribution >= 0.6 is 23.2 Å². The first kappa shape index (κ1) is 23.1. The molecule has 1 aliphatic heterocycles. The molecule has 5 aromatic rings. The molecule has 0 saturated heterocycles. The minimum atomic E-state index is -0.507. The van der Waals surface area contributed by atoms with Crippen molar-refractivity contribution in [2.24, 2.45) is 5.73 Å². The molecule has 2 aromatic carbocycles. The highest BCUT2D eigenvalue weighted by Crippen LogP contribution is 2.36. The van der Waals surface area contributed by atoms with E-state index in [-0.39, 0.29) is 16.8 Å². The van der Waals surface area contributed by atoms with Crippen molar-refractivity contribution in [1.29, 1.82) is 0 Å². The molecule has 3 N–H and O–H groups in total. The maximum absolute atomic E-state index is 13.4. The molecular weight excluding hydrogens is 515 g/mol. The van der Waals surface area contributed by atoms with Gasteiger partial charge in [0.25, 0.3) is 5.56 Å². The van der Waals surface area contributed by atoms with Crippen LogP contribution in [0, 0.1) is 0 Å². The van der Waals surface area contributed by atoms with Gasteiger partial charge in [0.15, 0.2) is 5.15 Å². The molecule has 12 heteroatoms. The van der Waals surface area contributed by atoms with Crippen molar-refractivity contribution in [3.63, 3.8) is 0 Å². The van der Waals surface area contributed by atoms with E-state index < -0.39 is 5.91 Å². The summed E-state index contributed by atoms with van der Waals surface area (Å²) in [6.07, 6.45) is 2.84. The summed E-state index contributed by atoms with van der Waals surface area (Å²) in [7, 11) is 0. The average molecular weight is 533 g/mol. The summed E-state index contributed by atoms with van der Waals surface area (Å²) in [5.74, 6) is 0.0804. The molecule has 0 radical (unpaired) electrons. The van der Waals surface area contributed by atoms with Gasteiger partial charge in [0, 0.05) is 33.5 Å². The maximum Gasteiger partial charge on any atom is 0.252 e. The number of carbonyl (C=O) groups is 1. The van der Waals surface area contributed by atoms with Crippen molar-refractivity contribution in [2.75, 3.05) is 0 Å². The van der Waals surface area contributed by atoms with E-state index in [4.69, 9.17) is 28.9 Å². The van der Waals surface area contributed by atoms with Crippen LogP contribution in [0.25, 0.3) is 28.1 Å². The summed E-state index contributed by atoms with van der Waals surface area (Å²) in [5, 5.41) is 12.2. The third kappa shape index (κ3) is 4.09. The van der Waals surface area contributed by atoms with Crippen LogP contribution in [0.4, 0.5) is 0 Å². The Labute approximate surface area is 219 Å². The van der Waals surface area contributed by atoms with E-state index in [0.717, 1.165) is 22.4 Å². The zero-order chi connectivity index (χ0) is 25.7. The van der Waals surface area contributed by atoms with Crippen LogP contribution in [0.1, 0.15) is 34.3 Å². The number of fused-ring (bicyclic) bond motifs is 1. The number of rotatable bonds is 5. The molecule has 1 aliphatic rings. The van der Waals surface area contributed by atoms with Crippen molar-refractivity contribution >= 4 is 29.1 Å². The van der Waals surface area contributed by atoms with Gasteiger partial charge in [0.1, 0.15) is 12.2 Å². The van der Waals surface area contributed by atoms with Crippen LogP contribution in [0.5, 0.6) is 0 Å². The standard InChI is InChI=1S/C25H18Cl2N8O2/c26-16-5-7-19(34-12-29-32-33-34)18(11-16)15-9-17-6-8-20(35(17)21(36)10-15)25-30-22(23(27)31-25)13-1-3-14(4-2-13)24(28)37/h1-5,7,9-12,20H,6,8H2,(H2,28,37)(H,30,31)/t20-/m0/s1. The van der Waals surface area contributed by atoms with Gasteiger partial charge in [-0.1, -0.05) is 35.3 Å². The number of halogens is 2. The van der Waals surface area contributed by atoms with Gasteiger partial charge in [-0.25, -0.2) is 4.98 Å². The molecular formula is C25H18Cl2N8O2. The SMILES string of the molecule is NC(=O)c1ccc(-c2[nH]c([C@@H]3CCc4cc(-c5cc(Cl)ccc5-n5cnnn5)cc(=O)n43)nc2Cl)cc1. The molecule has 0 unspecified atom stereocenters. The number of aromatic amines is 1. The number of hydrogen-bond acceptors (Lipinski definition) is 6. The van der Waals surface area contributed by atoms with Crippen LogP contribution in [-0.2, 0) is 6.42 Å². The van der Waals surface area contributed by atoms with Gasteiger partial charge >= 0.3 is 0 Å². The molecule has 37 heavy (non-hydrogen) atoms. The third-order valence-corrected chi connectivity index (χ3v) is 6.96. The number of carbonyl (C=O) groups excluding carboxylic acids is 1. The lowest BCUT2D eigenvalue weighted by Crippen LogP contribution is -2.24. The number of pyridine rings is 1. The van der Waals surface area contributed by atoms with Crippen LogP contribution in [0.2, 0.25) is 10.2 Å². The second-order valence-corrected chi connectivity index (χ2v) is 9.44. The fourth-order valence-corrected chi connectivity index (χ4v) is 5.16. The van der Waals surface area contributed by atoms with E-state index in [1.807, 2.05) is 12.1 Å². The van der Waals surface area contributed by atoms with Gasteiger partial charge in [-0.05, 0) is 65.2 Å². The van der Waals surface area contributed by atoms with Crippen molar-refractivity contribution in [3.05, 3.63) is 98.5 Å². The molecule has 1 atom stereocenters. The lowest BCUT2D eigenvalue weighted by Gasteiger charge is -2.15. The number of tetrazole rings is 1. The molecule has 0 saturated carbocycles. The number of benzene rings is 2. The van der Waals surface area contributed by atoms with Gasteiger partial charge < -0.3 is 15.3 Å². The molecule has 3 aromatic heterocycles. The highest BCUT2D eigenvalue weighted by molar-refractivity contribution is 6.32. The first-order valence-corrected chi connectivity index (χ1v) is 12.1. The normalized spacial score (nSPS) is 14.6. The highest BCUT2D eigenvalue weighted by atomic mass is 35.5.